The van der Waals surface area contributed by atoms with E-state index in [0.29, 0.717) is 35.5 Å². The maximum atomic E-state index is 13.1. The van der Waals surface area contributed by atoms with Crippen LogP contribution in [0.1, 0.15) is 37.3 Å². The smallest absolute Gasteiger partial charge is 0.416 e. The van der Waals surface area contributed by atoms with Gasteiger partial charge in [-0.15, -0.1) is 0 Å². The van der Waals surface area contributed by atoms with Crippen LogP contribution in [0.4, 0.5) is 24.5 Å². The van der Waals surface area contributed by atoms with Crippen molar-refractivity contribution in [2.24, 2.45) is 0 Å². The Hall–Kier alpha value is -3.03. The Balaban J connectivity index is 1.59. The van der Waals surface area contributed by atoms with Gasteiger partial charge in [0.25, 0.3) is 5.91 Å². The molecule has 0 saturated heterocycles. The van der Waals surface area contributed by atoms with Crippen LogP contribution in [-0.2, 0) is 21.2 Å². The highest BCUT2D eigenvalue weighted by Gasteiger charge is 2.46. The van der Waals surface area contributed by atoms with Gasteiger partial charge in [0.15, 0.2) is 6.10 Å². The van der Waals surface area contributed by atoms with Crippen molar-refractivity contribution in [3.05, 3.63) is 53.6 Å². The predicted molar refractivity (Wildman–Crippen MR) is 101 cm³/mol. The molecule has 1 aliphatic heterocycles. The second kappa shape index (κ2) is 6.79. The van der Waals surface area contributed by atoms with Crippen LogP contribution in [-0.4, -0.2) is 17.9 Å². The molecule has 1 atom stereocenters. The van der Waals surface area contributed by atoms with Gasteiger partial charge in [0.1, 0.15) is 5.75 Å². The fourth-order valence-electron chi connectivity index (χ4n) is 3.71. The van der Waals surface area contributed by atoms with E-state index in [1.807, 2.05) is 0 Å². The van der Waals surface area contributed by atoms with Crippen molar-refractivity contribution in [1.29, 1.82) is 0 Å². The van der Waals surface area contributed by atoms with Gasteiger partial charge in [-0.2, -0.15) is 13.2 Å². The van der Waals surface area contributed by atoms with Crippen molar-refractivity contribution >= 4 is 23.2 Å². The first-order valence-electron chi connectivity index (χ1n) is 9.30. The Morgan fingerprint density at radius 3 is 2.62 bits per heavy atom. The molecule has 1 aliphatic carbocycles. The van der Waals surface area contributed by atoms with Crippen LogP contribution in [0.15, 0.2) is 42.5 Å². The Morgan fingerprint density at radius 2 is 1.97 bits per heavy atom. The maximum Gasteiger partial charge on any atom is 0.416 e. The number of benzene rings is 2. The van der Waals surface area contributed by atoms with Gasteiger partial charge in [-0.1, -0.05) is 24.6 Å². The third-order valence-corrected chi connectivity index (χ3v) is 5.55. The summed E-state index contributed by atoms with van der Waals surface area (Å²) in [5.74, 6) is -0.161. The molecular weight excluding hydrogens is 385 g/mol. The lowest BCUT2D eigenvalue weighted by Gasteiger charge is -2.41. The van der Waals surface area contributed by atoms with E-state index in [2.05, 4.69) is 10.6 Å². The number of carbonyl (C=O) groups excluding carboxylic acids is 2. The molecule has 0 radical (unpaired) electrons. The number of ether oxygens (including phenoxy) is 1. The van der Waals surface area contributed by atoms with Gasteiger partial charge >= 0.3 is 6.18 Å². The third kappa shape index (κ3) is 3.43. The zero-order valence-electron chi connectivity index (χ0n) is 15.6. The van der Waals surface area contributed by atoms with E-state index in [4.69, 9.17) is 4.74 Å². The second-order valence-corrected chi connectivity index (χ2v) is 7.43. The summed E-state index contributed by atoms with van der Waals surface area (Å²) in [5, 5.41) is 5.50. The quantitative estimate of drug-likeness (QED) is 0.792. The molecule has 2 aromatic carbocycles. The molecule has 2 amide bonds. The molecule has 2 aromatic rings. The molecule has 2 aliphatic rings. The van der Waals surface area contributed by atoms with Gasteiger partial charge in [-0.25, -0.2) is 0 Å². The largest absolute Gasteiger partial charge is 0.479 e. The zero-order valence-corrected chi connectivity index (χ0v) is 15.6. The average Bonchev–Trinajstić information content (AvgIpc) is 2.61. The Morgan fingerprint density at radius 1 is 1.21 bits per heavy atom. The van der Waals surface area contributed by atoms with Crippen molar-refractivity contribution in [2.75, 3.05) is 10.6 Å². The number of nitrogens with one attached hydrogen (secondary N) is 2. The summed E-state index contributed by atoms with van der Waals surface area (Å²) in [6.45, 7) is 1.63. The van der Waals surface area contributed by atoms with Gasteiger partial charge in [-0.3, -0.25) is 9.59 Å². The van der Waals surface area contributed by atoms with Gasteiger partial charge in [0.2, 0.25) is 5.91 Å². The predicted octanol–water partition coefficient (Wildman–Crippen LogP) is 4.49. The minimum absolute atomic E-state index is 0.291. The lowest BCUT2D eigenvalue weighted by atomic mass is 9.63. The number of anilines is 2. The molecular formula is C21H19F3N2O3. The fraction of sp³-hybridized carbons (Fsp3) is 0.333. The molecule has 2 N–H and O–H groups in total. The molecule has 0 unspecified atom stereocenters. The molecule has 8 heteroatoms. The maximum absolute atomic E-state index is 13.1. The van der Waals surface area contributed by atoms with E-state index in [-0.39, 0.29) is 11.8 Å². The minimum atomic E-state index is -4.47. The monoisotopic (exact) mass is 404 g/mol. The summed E-state index contributed by atoms with van der Waals surface area (Å²) in [7, 11) is 0. The summed E-state index contributed by atoms with van der Waals surface area (Å²) < 4.78 is 44.8. The van der Waals surface area contributed by atoms with Crippen molar-refractivity contribution < 1.29 is 27.5 Å². The molecule has 29 heavy (non-hydrogen) atoms. The number of halogens is 3. The van der Waals surface area contributed by atoms with Crippen molar-refractivity contribution in [2.45, 2.75) is 43.9 Å². The topological polar surface area (TPSA) is 67.4 Å². The molecule has 1 fully saturated rings. The standard InChI is InChI=1S/C21H19F3N2O3/c1-12-18(27)26-16-11-15(6-7-17(16)29-12)25-19(28)20(8-3-9-20)13-4-2-5-14(10-13)21(22,23)24/h2,4-7,10-12H,3,8-9H2,1H3,(H,25,28)(H,26,27)/t12-/m0/s1. The molecule has 152 valence electrons. The van der Waals surface area contributed by atoms with Crippen LogP contribution >= 0.6 is 0 Å². The molecule has 4 rings (SSSR count). The van der Waals surface area contributed by atoms with Gasteiger partial charge in [0, 0.05) is 5.69 Å². The highest BCUT2D eigenvalue weighted by Crippen LogP contribution is 2.46. The first kappa shape index (κ1) is 19.3. The van der Waals surface area contributed by atoms with Crippen molar-refractivity contribution in [3.63, 3.8) is 0 Å². The van der Waals surface area contributed by atoms with E-state index < -0.39 is 23.3 Å². The van der Waals surface area contributed by atoms with E-state index in [9.17, 15) is 22.8 Å². The number of amides is 2. The summed E-state index contributed by atoms with van der Waals surface area (Å²) in [6.07, 6.45) is -3.37. The molecule has 1 heterocycles. The first-order valence-corrected chi connectivity index (χ1v) is 9.30. The lowest BCUT2D eigenvalue weighted by molar-refractivity contribution is -0.138. The van der Waals surface area contributed by atoms with E-state index in [1.54, 1.807) is 31.2 Å². The Bertz CT molecular complexity index is 983. The summed E-state index contributed by atoms with van der Waals surface area (Å²) in [5.41, 5.74) is -0.528. The highest BCUT2D eigenvalue weighted by atomic mass is 19.4. The molecule has 1 saturated carbocycles. The fourth-order valence-corrected chi connectivity index (χ4v) is 3.71. The van der Waals surface area contributed by atoms with E-state index in [0.717, 1.165) is 18.6 Å². The first-order chi connectivity index (χ1) is 13.7. The second-order valence-electron chi connectivity index (χ2n) is 7.43. The number of hydrogen-bond acceptors (Lipinski definition) is 3. The van der Waals surface area contributed by atoms with Gasteiger partial charge in [0.05, 0.1) is 16.7 Å². The van der Waals surface area contributed by atoms with Crippen LogP contribution in [0.5, 0.6) is 5.75 Å². The number of carbonyl (C=O) groups is 2. The molecule has 5 nitrogen and oxygen atoms in total. The minimum Gasteiger partial charge on any atom is -0.479 e. The molecule has 0 bridgehead atoms. The van der Waals surface area contributed by atoms with Crippen LogP contribution in [0.2, 0.25) is 0 Å². The molecule has 0 aromatic heterocycles. The van der Waals surface area contributed by atoms with Gasteiger partial charge < -0.3 is 15.4 Å². The van der Waals surface area contributed by atoms with Crippen LogP contribution in [0.3, 0.4) is 0 Å². The van der Waals surface area contributed by atoms with Crippen LogP contribution in [0, 0.1) is 0 Å². The van der Waals surface area contributed by atoms with Crippen molar-refractivity contribution in [3.8, 4) is 5.75 Å². The highest BCUT2D eigenvalue weighted by molar-refractivity contribution is 6.02. The summed E-state index contributed by atoms with van der Waals surface area (Å²) >= 11 is 0. The van der Waals surface area contributed by atoms with Crippen LogP contribution < -0.4 is 15.4 Å². The molecule has 0 spiro atoms. The number of alkyl halides is 3. The Labute approximate surface area is 165 Å². The van der Waals surface area contributed by atoms with Crippen LogP contribution in [0.25, 0.3) is 0 Å². The van der Waals surface area contributed by atoms with Crippen molar-refractivity contribution in [1.82, 2.24) is 0 Å². The van der Waals surface area contributed by atoms with Gasteiger partial charge in [-0.05, 0) is 49.6 Å². The number of rotatable bonds is 3. The summed E-state index contributed by atoms with van der Waals surface area (Å²) in [6, 6.07) is 9.81. The third-order valence-electron chi connectivity index (χ3n) is 5.55. The summed E-state index contributed by atoms with van der Waals surface area (Å²) in [4.78, 5) is 24.8. The number of fused-ring (bicyclic) bond motifs is 1. The SMILES string of the molecule is C[C@@H]1Oc2ccc(NC(=O)C3(c4cccc(C(F)(F)F)c4)CCC3)cc2NC1=O. The van der Waals surface area contributed by atoms with E-state index in [1.165, 1.54) is 6.07 Å². The Kier molecular flexibility index (Phi) is 4.52. The average molecular weight is 404 g/mol. The van der Waals surface area contributed by atoms with E-state index >= 15 is 0 Å². The zero-order chi connectivity index (χ0) is 20.8. The number of hydrogen-bond donors (Lipinski definition) is 2. The lowest BCUT2D eigenvalue weighted by Crippen LogP contribution is -2.46. The normalized spacial score (nSPS) is 20.0.